The topological polar surface area (TPSA) is 12.9 Å². The fourth-order valence-electron chi connectivity index (χ4n) is 1.18. The zero-order chi connectivity index (χ0) is 9.10. The Morgan fingerprint density at radius 3 is 2.31 bits per heavy atom. The molecule has 0 atom stereocenters. The van der Waals surface area contributed by atoms with Gasteiger partial charge in [-0.1, -0.05) is 48.0 Å². The van der Waals surface area contributed by atoms with E-state index in [1.807, 2.05) is 42.5 Å². The number of hydrogen-bond acceptors (Lipinski definition) is 1. The molecule has 0 saturated heterocycles. The molecule has 2 rings (SSSR count). The van der Waals surface area contributed by atoms with Crippen LogP contribution in [0.25, 0.3) is 11.3 Å². The molecule has 2 aromatic rings. The van der Waals surface area contributed by atoms with E-state index in [0.717, 1.165) is 11.3 Å². The van der Waals surface area contributed by atoms with Gasteiger partial charge in [-0.05, 0) is 12.1 Å². The monoisotopic (exact) mass is 189 g/mol. The molecule has 0 fully saturated rings. The van der Waals surface area contributed by atoms with Crippen molar-refractivity contribution in [3.05, 3.63) is 53.7 Å². The van der Waals surface area contributed by atoms with E-state index in [2.05, 4.69) is 4.98 Å². The first kappa shape index (κ1) is 8.27. The summed E-state index contributed by atoms with van der Waals surface area (Å²) in [6.45, 7) is 0. The molecule has 13 heavy (non-hydrogen) atoms. The Kier molecular flexibility index (Phi) is 2.28. The maximum Gasteiger partial charge on any atom is 0.129 e. The van der Waals surface area contributed by atoms with Gasteiger partial charge in [0.1, 0.15) is 5.15 Å². The molecule has 0 unspecified atom stereocenters. The first-order chi connectivity index (χ1) is 6.36. The molecule has 1 aromatic heterocycles. The lowest BCUT2D eigenvalue weighted by molar-refractivity contribution is 1.33. The van der Waals surface area contributed by atoms with Gasteiger partial charge in [-0.3, -0.25) is 0 Å². The van der Waals surface area contributed by atoms with Crippen molar-refractivity contribution in [2.45, 2.75) is 0 Å². The predicted molar refractivity (Wildman–Crippen MR) is 54.7 cm³/mol. The van der Waals surface area contributed by atoms with Gasteiger partial charge < -0.3 is 0 Å². The third-order valence-electron chi connectivity index (χ3n) is 1.78. The van der Waals surface area contributed by atoms with Gasteiger partial charge in [0.25, 0.3) is 0 Å². The highest BCUT2D eigenvalue weighted by Crippen LogP contribution is 2.17. The van der Waals surface area contributed by atoms with Crippen molar-refractivity contribution in [1.29, 1.82) is 0 Å². The molecule has 0 aliphatic rings. The summed E-state index contributed by atoms with van der Waals surface area (Å²) < 4.78 is 0. The third-order valence-corrected chi connectivity index (χ3v) is 2.00. The Labute approximate surface area is 82.0 Å². The van der Waals surface area contributed by atoms with E-state index in [1.165, 1.54) is 0 Å². The minimum Gasteiger partial charge on any atom is -0.236 e. The van der Waals surface area contributed by atoms with Crippen molar-refractivity contribution < 1.29 is 0 Å². The van der Waals surface area contributed by atoms with E-state index in [1.54, 1.807) is 6.07 Å². The Morgan fingerprint density at radius 1 is 0.846 bits per heavy atom. The van der Waals surface area contributed by atoms with E-state index in [0.29, 0.717) is 5.15 Å². The number of pyridine rings is 1. The van der Waals surface area contributed by atoms with Crippen molar-refractivity contribution in [1.82, 2.24) is 4.98 Å². The Hall–Kier alpha value is -1.34. The van der Waals surface area contributed by atoms with Crippen LogP contribution in [0, 0.1) is 0 Å². The molecule has 64 valence electrons. The lowest BCUT2D eigenvalue weighted by Gasteiger charge is -1.99. The van der Waals surface area contributed by atoms with E-state index in [-0.39, 0.29) is 0 Å². The molecule has 1 heterocycles. The molecule has 0 aliphatic heterocycles. The first-order valence-corrected chi connectivity index (χ1v) is 4.42. The summed E-state index contributed by atoms with van der Waals surface area (Å²) in [5.41, 5.74) is 2.00. The van der Waals surface area contributed by atoms with E-state index < -0.39 is 0 Å². The lowest BCUT2D eigenvalue weighted by Crippen LogP contribution is -1.81. The SMILES string of the molecule is Clc1cccc(-c2ccccc2)n1. The van der Waals surface area contributed by atoms with Crippen molar-refractivity contribution in [3.63, 3.8) is 0 Å². The molecule has 0 N–H and O–H groups in total. The van der Waals surface area contributed by atoms with Crippen LogP contribution in [0.2, 0.25) is 5.15 Å². The molecule has 0 radical (unpaired) electrons. The number of aromatic nitrogens is 1. The summed E-state index contributed by atoms with van der Waals surface area (Å²) in [6.07, 6.45) is 0. The second-order valence-corrected chi connectivity index (χ2v) is 3.10. The van der Waals surface area contributed by atoms with Gasteiger partial charge in [0.2, 0.25) is 0 Å². The van der Waals surface area contributed by atoms with Crippen LogP contribution in [0.4, 0.5) is 0 Å². The van der Waals surface area contributed by atoms with Crippen molar-refractivity contribution in [3.8, 4) is 11.3 Å². The second-order valence-electron chi connectivity index (χ2n) is 2.71. The van der Waals surface area contributed by atoms with Crippen molar-refractivity contribution >= 4 is 11.6 Å². The molecule has 0 bridgehead atoms. The van der Waals surface area contributed by atoms with Gasteiger partial charge in [-0.25, -0.2) is 4.98 Å². The van der Waals surface area contributed by atoms with Crippen LogP contribution in [-0.2, 0) is 0 Å². The summed E-state index contributed by atoms with van der Waals surface area (Å²) in [4.78, 5) is 4.21. The van der Waals surface area contributed by atoms with Crippen LogP contribution in [-0.4, -0.2) is 4.98 Å². The summed E-state index contributed by atoms with van der Waals surface area (Å²) in [5, 5.41) is 0.529. The van der Waals surface area contributed by atoms with Gasteiger partial charge in [-0.15, -0.1) is 0 Å². The fourth-order valence-corrected chi connectivity index (χ4v) is 1.34. The number of halogens is 1. The van der Waals surface area contributed by atoms with Crippen LogP contribution in [0.5, 0.6) is 0 Å². The molecule has 2 heteroatoms. The van der Waals surface area contributed by atoms with Crippen molar-refractivity contribution in [2.24, 2.45) is 0 Å². The molecule has 1 nitrogen and oxygen atoms in total. The standard InChI is InChI=1S/C11H8ClN/c12-11-8-4-7-10(13-11)9-5-2-1-3-6-9/h1-8H. The van der Waals surface area contributed by atoms with Crippen LogP contribution < -0.4 is 0 Å². The maximum atomic E-state index is 5.78. The van der Waals surface area contributed by atoms with Crippen LogP contribution in [0.15, 0.2) is 48.5 Å². The minimum absolute atomic E-state index is 0.529. The smallest absolute Gasteiger partial charge is 0.129 e. The van der Waals surface area contributed by atoms with Crippen LogP contribution in [0.3, 0.4) is 0 Å². The highest BCUT2D eigenvalue weighted by molar-refractivity contribution is 6.29. The van der Waals surface area contributed by atoms with E-state index >= 15 is 0 Å². The van der Waals surface area contributed by atoms with Gasteiger partial charge in [0.05, 0.1) is 5.69 Å². The Morgan fingerprint density at radius 2 is 1.62 bits per heavy atom. The fraction of sp³-hybridized carbons (Fsp3) is 0. The van der Waals surface area contributed by atoms with E-state index in [9.17, 15) is 0 Å². The molecular formula is C11H8ClN. The van der Waals surface area contributed by atoms with Gasteiger partial charge >= 0.3 is 0 Å². The summed E-state index contributed by atoms with van der Waals surface area (Å²) >= 11 is 5.78. The quantitative estimate of drug-likeness (QED) is 0.627. The third kappa shape index (κ3) is 1.87. The zero-order valence-electron chi connectivity index (χ0n) is 6.94. The molecule has 0 amide bonds. The highest BCUT2D eigenvalue weighted by atomic mass is 35.5. The van der Waals surface area contributed by atoms with E-state index in [4.69, 9.17) is 11.6 Å². The normalized spacial score (nSPS) is 9.92. The van der Waals surface area contributed by atoms with Crippen LogP contribution >= 0.6 is 11.6 Å². The largest absolute Gasteiger partial charge is 0.236 e. The van der Waals surface area contributed by atoms with Crippen molar-refractivity contribution in [2.75, 3.05) is 0 Å². The summed E-state index contributed by atoms with van der Waals surface area (Å²) in [5.74, 6) is 0. The molecule has 0 saturated carbocycles. The van der Waals surface area contributed by atoms with Crippen LogP contribution in [0.1, 0.15) is 0 Å². The second kappa shape index (κ2) is 3.58. The molecular weight excluding hydrogens is 182 g/mol. The number of nitrogens with zero attached hydrogens (tertiary/aromatic N) is 1. The average Bonchev–Trinajstić information content (AvgIpc) is 2.19. The summed E-state index contributed by atoms with van der Waals surface area (Å²) in [7, 11) is 0. The molecule has 1 aromatic carbocycles. The lowest BCUT2D eigenvalue weighted by atomic mass is 10.1. The predicted octanol–water partition coefficient (Wildman–Crippen LogP) is 3.40. The Balaban J connectivity index is 2.48. The van der Waals surface area contributed by atoms with Gasteiger partial charge in [-0.2, -0.15) is 0 Å². The molecule has 0 spiro atoms. The van der Waals surface area contributed by atoms with Gasteiger partial charge in [0.15, 0.2) is 0 Å². The molecule has 0 aliphatic carbocycles. The first-order valence-electron chi connectivity index (χ1n) is 4.04. The zero-order valence-corrected chi connectivity index (χ0v) is 7.70. The number of benzene rings is 1. The number of hydrogen-bond donors (Lipinski definition) is 0. The maximum absolute atomic E-state index is 5.78. The van der Waals surface area contributed by atoms with Gasteiger partial charge in [0, 0.05) is 5.56 Å². The minimum atomic E-state index is 0.529. The average molecular weight is 190 g/mol. The highest BCUT2D eigenvalue weighted by Gasteiger charge is 1.97. The Bertz CT molecular complexity index is 398. The summed E-state index contributed by atoms with van der Waals surface area (Å²) in [6, 6.07) is 15.6. The number of rotatable bonds is 1.